The van der Waals surface area contributed by atoms with Crippen LogP contribution in [0.4, 0.5) is 5.69 Å². The zero-order valence-electron chi connectivity index (χ0n) is 12.2. The number of hydrogen-bond acceptors (Lipinski definition) is 4. The lowest BCUT2D eigenvalue weighted by atomic mass is 9.91. The van der Waals surface area contributed by atoms with E-state index >= 15 is 0 Å². The topological polar surface area (TPSA) is 84.3 Å². The van der Waals surface area contributed by atoms with Crippen molar-refractivity contribution < 1.29 is 9.72 Å². The van der Waals surface area contributed by atoms with Gasteiger partial charge in [-0.3, -0.25) is 14.9 Å². The van der Waals surface area contributed by atoms with E-state index in [0.717, 1.165) is 25.7 Å². The standard InChI is InChI=1S/C15H21N3O3/c1-16-12-6-8-13(9-7-12)17-15(19)10-11-4-2-3-5-14(11)18(20)21/h2-5,12-13,16H,6-10H2,1H3,(H,17,19). The van der Waals surface area contributed by atoms with E-state index < -0.39 is 4.92 Å². The van der Waals surface area contributed by atoms with E-state index in [-0.39, 0.29) is 24.1 Å². The molecule has 0 heterocycles. The molecule has 2 N–H and O–H groups in total. The van der Waals surface area contributed by atoms with Crippen LogP contribution in [0.1, 0.15) is 31.2 Å². The molecule has 1 aromatic carbocycles. The molecule has 6 heteroatoms. The summed E-state index contributed by atoms with van der Waals surface area (Å²) in [4.78, 5) is 22.5. The number of nitro benzene ring substituents is 1. The lowest BCUT2D eigenvalue weighted by Crippen LogP contribution is -2.41. The Hall–Kier alpha value is -1.95. The Morgan fingerprint density at radius 2 is 1.86 bits per heavy atom. The van der Waals surface area contributed by atoms with Crippen LogP contribution < -0.4 is 10.6 Å². The van der Waals surface area contributed by atoms with Crippen molar-refractivity contribution in [1.29, 1.82) is 0 Å². The third-order valence-electron chi connectivity index (χ3n) is 4.04. The molecular formula is C15H21N3O3. The van der Waals surface area contributed by atoms with Crippen LogP contribution in [0.3, 0.4) is 0 Å². The quantitative estimate of drug-likeness (QED) is 0.640. The summed E-state index contributed by atoms with van der Waals surface area (Å²) in [5.74, 6) is -0.141. The van der Waals surface area contributed by atoms with Gasteiger partial charge in [-0.05, 0) is 32.7 Å². The Morgan fingerprint density at radius 3 is 2.48 bits per heavy atom. The van der Waals surface area contributed by atoms with Crippen LogP contribution in [-0.4, -0.2) is 30.0 Å². The first-order chi connectivity index (χ1) is 10.1. The molecule has 0 atom stereocenters. The Bertz CT molecular complexity index is 511. The fourth-order valence-corrected chi connectivity index (χ4v) is 2.82. The smallest absolute Gasteiger partial charge is 0.273 e. The molecule has 0 bridgehead atoms. The van der Waals surface area contributed by atoms with Crippen molar-refractivity contribution in [2.45, 2.75) is 44.2 Å². The molecule has 0 unspecified atom stereocenters. The monoisotopic (exact) mass is 291 g/mol. The van der Waals surface area contributed by atoms with Crippen LogP contribution >= 0.6 is 0 Å². The van der Waals surface area contributed by atoms with E-state index in [4.69, 9.17) is 0 Å². The van der Waals surface area contributed by atoms with E-state index in [1.54, 1.807) is 18.2 Å². The molecule has 0 saturated heterocycles. The second kappa shape index (κ2) is 7.17. The molecule has 0 aliphatic heterocycles. The van der Waals surface area contributed by atoms with Crippen molar-refractivity contribution in [3.8, 4) is 0 Å². The van der Waals surface area contributed by atoms with Crippen LogP contribution in [0.2, 0.25) is 0 Å². The molecule has 1 aromatic rings. The summed E-state index contributed by atoms with van der Waals surface area (Å²) < 4.78 is 0. The summed E-state index contributed by atoms with van der Waals surface area (Å²) >= 11 is 0. The van der Waals surface area contributed by atoms with Gasteiger partial charge in [-0.25, -0.2) is 0 Å². The van der Waals surface area contributed by atoms with E-state index in [2.05, 4.69) is 10.6 Å². The minimum Gasteiger partial charge on any atom is -0.353 e. The minimum atomic E-state index is -0.444. The molecule has 0 aromatic heterocycles. The number of para-hydroxylation sites is 1. The molecule has 1 aliphatic carbocycles. The Labute approximate surface area is 124 Å². The summed E-state index contributed by atoms with van der Waals surface area (Å²) in [6.07, 6.45) is 4.06. The highest BCUT2D eigenvalue weighted by molar-refractivity contribution is 5.80. The lowest BCUT2D eigenvalue weighted by Gasteiger charge is -2.28. The fourth-order valence-electron chi connectivity index (χ4n) is 2.82. The van der Waals surface area contributed by atoms with Crippen LogP contribution in [0.5, 0.6) is 0 Å². The Kier molecular flexibility index (Phi) is 5.27. The highest BCUT2D eigenvalue weighted by Gasteiger charge is 2.22. The lowest BCUT2D eigenvalue weighted by molar-refractivity contribution is -0.385. The zero-order chi connectivity index (χ0) is 15.2. The number of nitrogens with zero attached hydrogens (tertiary/aromatic N) is 1. The maximum atomic E-state index is 12.1. The van der Waals surface area contributed by atoms with Gasteiger partial charge in [0.2, 0.25) is 5.91 Å². The predicted molar refractivity (Wildman–Crippen MR) is 80.0 cm³/mol. The normalized spacial score (nSPS) is 21.8. The molecule has 0 spiro atoms. The van der Waals surface area contributed by atoms with Crippen molar-refractivity contribution in [3.63, 3.8) is 0 Å². The molecule has 0 radical (unpaired) electrons. The summed E-state index contributed by atoms with van der Waals surface area (Å²) in [5, 5.41) is 17.2. The van der Waals surface area contributed by atoms with Crippen LogP contribution in [-0.2, 0) is 11.2 Å². The molecular weight excluding hydrogens is 270 g/mol. The van der Waals surface area contributed by atoms with E-state index in [1.165, 1.54) is 6.07 Å². The number of benzene rings is 1. The van der Waals surface area contributed by atoms with Crippen molar-refractivity contribution in [1.82, 2.24) is 10.6 Å². The predicted octanol–water partition coefficient (Wildman–Crippen LogP) is 1.78. The zero-order valence-corrected chi connectivity index (χ0v) is 12.2. The average Bonchev–Trinajstić information content (AvgIpc) is 2.48. The van der Waals surface area contributed by atoms with Crippen LogP contribution in [0.15, 0.2) is 24.3 Å². The molecule has 21 heavy (non-hydrogen) atoms. The molecule has 1 saturated carbocycles. The van der Waals surface area contributed by atoms with Crippen molar-refractivity contribution in [3.05, 3.63) is 39.9 Å². The highest BCUT2D eigenvalue weighted by atomic mass is 16.6. The summed E-state index contributed by atoms with van der Waals surface area (Å²) in [6.45, 7) is 0. The third-order valence-corrected chi connectivity index (χ3v) is 4.04. The van der Waals surface area contributed by atoms with Crippen LogP contribution in [0.25, 0.3) is 0 Å². The SMILES string of the molecule is CNC1CCC(NC(=O)Cc2ccccc2[N+](=O)[O-])CC1. The van der Waals surface area contributed by atoms with Crippen molar-refractivity contribution in [2.24, 2.45) is 0 Å². The largest absolute Gasteiger partial charge is 0.353 e. The second-order valence-electron chi connectivity index (χ2n) is 5.47. The van der Waals surface area contributed by atoms with Gasteiger partial charge >= 0.3 is 0 Å². The average molecular weight is 291 g/mol. The van der Waals surface area contributed by atoms with E-state index in [0.29, 0.717) is 11.6 Å². The maximum absolute atomic E-state index is 12.1. The molecule has 2 rings (SSSR count). The Balaban J connectivity index is 1.89. The van der Waals surface area contributed by atoms with Gasteiger partial charge in [0.25, 0.3) is 5.69 Å². The minimum absolute atomic E-state index is 0.00606. The molecule has 1 fully saturated rings. The second-order valence-corrected chi connectivity index (χ2v) is 5.47. The van der Waals surface area contributed by atoms with Gasteiger partial charge in [-0.15, -0.1) is 0 Å². The third kappa shape index (κ3) is 4.26. The summed E-state index contributed by atoms with van der Waals surface area (Å²) in [7, 11) is 1.96. The highest BCUT2D eigenvalue weighted by Crippen LogP contribution is 2.20. The molecule has 1 aliphatic rings. The fraction of sp³-hybridized carbons (Fsp3) is 0.533. The number of carbonyl (C=O) groups is 1. The summed E-state index contributed by atoms with van der Waals surface area (Å²) in [5.41, 5.74) is 0.468. The van der Waals surface area contributed by atoms with Gasteiger partial charge in [0.1, 0.15) is 0 Å². The number of hydrogen-bond donors (Lipinski definition) is 2. The van der Waals surface area contributed by atoms with Gasteiger partial charge in [-0.2, -0.15) is 0 Å². The Morgan fingerprint density at radius 1 is 1.24 bits per heavy atom. The number of rotatable bonds is 5. The number of nitrogens with one attached hydrogen (secondary N) is 2. The van der Waals surface area contributed by atoms with Crippen molar-refractivity contribution in [2.75, 3.05) is 7.05 Å². The maximum Gasteiger partial charge on any atom is 0.273 e. The number of nitro groups is 1. The van der Waals surface area contributed by atoms with Crippen molar-refractivity contribution >= 4 is 11.6 Å². The molecule has 1 amide bonds. The van der Waals surface area contributed by atoms with E-state index in [1.807, 2.05) is 7.05 Å². The number of carbonyl (C=O) groups excluding carboxylic acids is 1. The first kappa shape index (κ1) is 15.4. The first-order valence-electron chi connectivity index (χ1n) is 7.29. The molecule has 114 valence electrons. The van der Waals surface area contributed by atoms with Gasteiger partial charge in [0, 0.05) is 23.7 Å². The summed E-state index contributed by atoms with van der Waals surface area (Å²) in [6, 6.07) is 7.11. The number of amides is 1. The first-order valence-corrected chi connectivity index (χ1v) is 7.29. The van der Waals surface area contributed by atoms with Gasteiger partial charge in [0.15, 0.2) is 0 Å². The van der Waals surface area contributed by atoms with Gasteiger partial charge in [0.05, 0.1) is 11.3 Å². The molecule has 6 nitrogen and oxygen atoms in total. The van der Waals surface area contributed by atoms with Gasteiger partial charge in [-0.1, -0.05) is 18.2 Å². The van der Waals surface area contributed by atoms with Crippen LogP contribution in [0, 0.1) is 10.1 Å². The van der Waals surface area contributed by atoms with E-state index in [9.17, 15) is 14.9 Å². The van der Waals surface area contributed by atoms with Gasteiger partial charge < -0.3 is 10.6 Å².